The van der Waals surface area contributed by atoms with Crippen molar-refractivity contribution in [1.82, 2.24) is 24.4 Å². The molecule has 5 N–H and O–H groups in total. The van der Waals surface area contributed by atoms with Crippen LogP contribution in [0.3, 0.4) is 0 Å². The summed E-state index contributed by atoms with van der Waals surface area (Å²) in [5, 5.41) is 30.8. The van der Waals surface area contributed by atoms with Crippen LogP contribution in [0, 0.1) is 0 Å². The maximum absolute atomic E-state index is 10.9. The first-order valence-electron chi connectivity index (χ1n) is 8.01. The second kappa shape index (κ2) is 6.12. The Kier molecular flexibility index (Phi) is 4.06. The Labute approximate surface area is 142 Å². The van der Waals surface area contributed by atoms with Gasteiger partial charge in [0.2, 0.25) is 5.85 Å². The number of anilines is 1. The van der Waals surface area contributed by atoms with Crippen LogP contribution in [0.15, 0.2) is 12.7 Å². The topological polar surface area (TPSA) is 152 Å². The number of hydrogen-bond donors (Lipinski definition) is 4. The van der Waals surface area contributed by atoms with E-state index >= 15 is 0 Å². The molecule has 25 heavy (non-hydrogen) atoms. The van der Waals surface area contributed by atoms with E-state index in [4.69, 9.17) is 15.2 Å². The second-order valence-electron chi connectivity index (χ2n) is 6.08. The molecule has 2 aromatic heterocycles. The summed E-state index contributed by atoms with van der Waals surface area (Å²) in [4.78, 5) is 14.2. The predicted octanol–water partition coefficient (Wildman–Crippen LogP) is -2.54. The number of hydrogen-bond acceptors (Lipinski definition) is 10. The molecule has 2 aliphatic heterocycles. The molecule has 0 saturated carbocycles. The molecule has 0 aromatic carbocycles. The third-order valence-electron chi connectivity index (χ3n) is 4.77. The molecular formula is C14H20N6O5. The molecule has 0 unspecified atom stereocenters. The second-order valence-corrected chi connectivity index (χ2v) is 6.08. The van der Waals surface area contributed by atoms with Gasteiger partial charge in [-0.1, -0.05) is 0 Å². The van der Waals surface area contributed by atoms with Crippen LogP contribution in [0.25, 0.3) is 11.2 Å². The standard InChI is InChI=1S/C14H20N6O5/c15-12-9-13(17-6-16-12)20(7-18-9)14(19-1-3-24-4-2-19)11(23)10(22)8(5-21)25-14/h6-8,10-11,21-23H,1-5H2,(H2,15,16,17)/t8-,10-,11-,14+/m1/s1. The lowest BCUT2D eigenvalue weighted by atomic mass is 10.1. The number of nitrogens with two attached hydrogens (primary N) is 1. The Balaban J connectivity index is 1.90. The van der Waals surface area contributed by atoms with Crippen molar-refractivity contribution >= 4 is 17.0 Å². The number of nitrogen functional groups attached to an aromatic ring is 1. The van der Waals surface area contributed by atoms with Gasteiger partial charge in [0.05, 0.1) is 19.8 Å². The number of nitrogens with zero attached hydrogens (tertiary/aromatic N) is 5. The van der Waals surface area contributed by atoms with Crippen LogP contribution in [-0.4, -0.2) is 91.0 Å². The van der Waals surface area contributed by atoms with Gasteiger partial charge in [-0.15, -0.1) is 0 Å². The van der Waals surface area contributed by atoms with E-state index in [2.05, 4.69) is 15.0 Å². The minimum Gasteiger partial charge on any atom is -0.394 e. The number of imidazole rings is 1. The fourth-order valence-electron chi connectivity index (χ4n) is 3.52. The van der Waals surface area contributed by atoms with Crippen LogP contribution in [0.5, 0.6) is 0 Å². The number of ether oxygens (including phenoxy) is 2. The Morgan fingerprint density at radius 3 is 2.68 bits per heavy atom. The minimum atomic E-state index is -1.48. The highest BCUT2D eigenvalue weighted by atomic mass is 16.6. The summed E-state index contributed by atoms with van der Waals surface area (Å²) in [7, 11) is 0. The van der Waals surface area contributed by atoms with E-state index in [9.17, 15) is 15.3 Å². The molecule has 136 valence electrons. The quantitative estimate of drug-likeness (QED) is 0.465. The zero-order valence-corrected chi connectivity index (χ0v) is 13.4. The summed E-state index contributed by atoms with van der Waals surface area (Å²) in [6.45, 7) is 1.38. The van der Waals surface area contributed by atoms with Gasteiger partial charge in [-0.05, 0) is 0 Å². The first-order valence-corrected chi connectivity index (χ1v) is 8.01. The molecule has 4 heterocycles. The van der Waals surface area contributed by atoms with Gasteiger partial charge in [0.15, 0.2) is 11.5 Å². The number of morpholine rings is 1. The highest BCUT2D eigenvalue weighted by Crippen LogP contribution is 2.40. The molecule has 0 radical (unpaired) electrons. The molecule has 0 bridgehead atoms. The van der Waals surface area contributed by atoms with E-state index in [1.54, 1.807) is 0 Å². The molecule has 2 saturated heterocycles. The molecule has 0 aliphatic carbocycles. The molecule has 2 aromatic rings. The molecule has 0 spiro atoms. The lowest BCUT2D eigenvalue weighted by molar-refractivity contribution is -0.254. The van der Waals surface area contributed by atoms with Crippen molar-refractivity contribution in [2.24, 2.45) is 0 Å². The lowest BCUT2D eigenvalue weighted by Crippen LogP contribution is -2.61. The first kappa shape index (κ1) is 16.6. The average molecular weight is 352 g/mol. The van der Waals surface area contributed by atoms with Crippen molar-refractivity contribution in [2.75, 3.05) is 38.6 Å². The molecular weight excluding hydrogens is 332 g/mol. The largest absolute Gasteiger partial charge is 0.394 e. The van der Waals surface area contributed by atoms with E-state index in [-0.39, 0.29) is 5.82 Å². The molecule has 2 aliphatic rings. The van der Waals surface area contributed by atoms with E-state index in [1.165, 1.54) is 17.2 Å². The zero-order valence-electron chi connectivity index (χ0n) is 13.4. The fraction of sp³-hybridized carbons (Fsp3) is 0.643. The highest BCUT2D eigenvalue weighted by molar-refractivity contribution is 5.81. The Morgan fingerprint density at radius 1 is 1.24 bits per heavy atom. The maximum atomic E-state index is 10.9. The Bertz CT molecular complexity index is 765. The number of aliphatic hydroxyl groups is 3. The summed E-state index contributed by atoms with van der Waals surface area (Å²) in [6.07, 6.45) is -0.819. The molecule has 11 heteroatoms. The normalized spacial score (nSPS) is 34.0. The summed E-state index contributed by atoms with van der Waals surface area (Å²) in [6, 6.07) is 0. The van der Waals surface area contributed by atoms with Crippen LogP contribution >= 0.6 is 0 Å². The van der Waals surface area contributed by atoms with Crippen molar-refractivity contribution in [3.63, 3.8) is 0 Å². The van der Waals surface area contributed by atoms with Crippen LogP contribution in [0.1, 0.15) is 0 Å². The van der Waals surface area contributed by atoms with Crippen molar-refractivity contribution in [3.05, 3.63) is 12.7 Å². The van der Waals surface area contributed by atoms with Gasteiger partial charge in [-0.25, -0.2) is 15.0 Å². The van der Waals surface area contributed by atoms with Crippen LogP contribution in [-0.2, 0) is 15.3 Å². The summed E-state index contributed by atoms with van der Waals surface area (Å²) < 4.78 is 12.9. The van der Waals surface area contributed by atoms with Gasteiger partial charge in [0, 0.05) is 13.1 Å². The highest BCUT2D eigenvalue weighted by Gasteiger charge is 2.59. The van der Waals surface area contributed by atoms with Crippen molar-refractivity contribution < 1.29 is 24.8 Å². The predicted molar refractivity (Wildman–Crippen MR) is 84.1 cm³/mol. The first-order chi connectivity index (χ1) is 12.1. The molecule has 4 atom stereocenters. The average Bonchev–Trinajstić information content (AvgIpc) is 3.18. The third-order valence-corrected chi connectivity index (χ3v) is 4.77. The lowest BCUT2D eigenvalue weighted by Gasteiger charge is -2.44. The number of rotatable bonds is 3. The summed E-state index contributed by atoms with van der Waals surface area (Å²) >= 11 is 0. The van der Waals surface area contributed by atoms with Gasteiger partial charge < -0.3 is 30.5 Å². The summed E-state index contributed by atoms with van der Waals surface area (Å²) in [5.74, 6) is -1.28. The Morgan fingerprint density at radius 2 is 2.00 bits per heavy atom. The molecule has 4 rings (SSSR count). The van der Waals surface area contributed by atoms with Crippen LogP contribution < -0.4 is 5.73 Å². The maximum Gasteiger partial charge on any atom is 0.237 e. The van der Waals surface area contributed by atoms with Gasteiger partial charge in [0.1, 0.15) is 36.5 Å². The smallest absolute Gasteiger partial charge is 0.237 e. The third kappa shape index (κ3) is 2.32. The fourth-order valence-corrected chi connectivity index (χ4v) is 3.52. The van der Waals surface area contributed by atoms with Crippen LogP contribution in [0.4, 0.5) is 5.82 Å². The summed E-state index contributed by atoms with van der Waals surface area (Å²) in [5.41, 5.74) is 6.59. The van der Waals surface area contributed by atoms with Gasteiger partial charge in [0.25, 0.3) is 0 Å². The zero-order chi connectivity index (χ0) is 17.6. The van der Waals surface area contributed by atoms with Gasteiger partial charge in [-0.3, -0.25) is 9.47 Å². The van der Waals surface area contributed by atoms with Gasteiger partial charge >= 0.3 is 0 Å². The Hall–Kier alpha value is -1.89. The monoisotopic (exact) mass is 352 g/mol. The van der Waals surface area contributed by atoms with Crippen molar-refractivity contribution in [2.45, 2.75) is 24.2 Å². The van der Waals surface area contributed by atoms with Crippen LogP contribution in [0.2, 0.25) is 0 Å². The molecule has 2 fully saturated rings. The van der Waals surface area contributed by atoms with E-state index in [1.807, 2.05) is 4.90 Å². The minimum absolute atomic E-state index is 0.202. The number of aromatic nitrogens is 4. The van der Waals surface area contributed by atoms with Crippen molar-refractivity contribution in [1.29, 1.82) is 0 Å². The molecule has 0 amide bonds. The van der Waals surface area contributed by atoms with Crippen molar-refractivity contribution in [3.8, 4) is 0 Å². The number of fused-ring (bicyclic) bond motifs is 1. The molecule has 11 nitrogen and oxygen atoms in total. The van der Waals surface area contributed by atoms with E-state index in [0.29, 0.717) is 37.5 Å². The SMILES string of the molecule is Nc1ncnc2c1ncn2[C@]1(N2CCOCC2)O[C@H](CO)[C@@H](O)[C@H]1O. The van der Waals surface area contributed by atoms with E-state index in [0.717, 1.165) is 0 Å². The van der Waals surface area contributed by atoms with E-state index < -0.39 is 30.8 Å². The van der Waals surface area contributed by atoms with Gasteiger partial charge in [-0.2, -0.15) is 0 Å². The number of aliphatic hydroxyl groups excluding tert-OH is 3.